The predicted molar refractivity (Wildman–Crippen MR) is 63.1 cm³/mol. The van der Waals surface area contributed by atoms with E-state index < -0.39 is 0 Å². The number of furan rings is 1. The lowest BCUT2D eigenvalue weighted by atomic mass is 9.97. The van der Waals surface area contributed by atoms with Crippen LogP contribution < -0.4 is 0 Å². The molecular weight excluding hydrogens is 216 g/mol. The summed E-state index contributed by atoms with van der Waals surface area (Å²) < 4.78 is 11.0. The average molecular weight is 232 g/mol. The van der Waals surface area contributed by atoms with Crippen LogP contribution in [0.4, 0.5) is 0 Å². The molecule has 1 aliphatic carbocycles. The zero-order chi connectivity index (χ0) is 12.0. The number of epoxide rings is 1. The van der Waals surface area contributed by atoms with Crippen LogP contribution in [0.15, 0.2) is 22.3 Å². The van der Waals surface area contributed by atoms with E-state index in [-0.39, 0.29) is 18.0 Å². The maximum Gasteiger partial charge on any atom is 0.198 e. The molecule has 0 radical (unpaired) electrons. The smallest absolute Gasteiger partial charge is 0.198 e. The van der Waals surface area contributed by atoms with Crippen LogP contribution in [0.5, 0.6) is 0 Å². The molecule has 1 aliphatic heterocycles. The lowest BCUT2D eigenvalue weighted by Crippen LogP contribution is -2.13. The van der Waals surface area contributed by atoms with E-state index in [1.165, 1.54) is 5.57 Å². The molecule has 3 rings (SSSR count). The topological polar surface area (TPSA) is 42.7 Å². The summed E-state index contributed by atoms with van der Waals surface area (Å²) in [5.41, 5.74) is 2.92. The Kier molecular flexibility index (Phi) is 2.44. The van der Waals surface area contributed by atoms with Crippen LogP contribution in [0.1, 0.15) is 41.4 Å². The number of Topliss-reactive ketones (excluding diaryl/α,β-unsaturated/α-hetero) is 1. The lowest BCUT2D eigenvalue weighted by molar-refractivity contribution is 0.0951. The van der Waals surface area contributed by atoms with Crippen LogP contribution in [0.3, 0.4) is 0 Å². The summed E-state index contributed by atoms with van der Waals surface area (Å²) in [6, 6.07) is 0. The van der Waals surface area contributed by atoms with E-state index in [2.05, 4.69) is 13.0 Å². The van der Waals surface area contributed by atoms with Crippen molar-refractivity contribution in [1.29, 1.82) is 0 Å². The molecule has 90 valence electrons. The van der Waals surface area contributed by atoms with Gasteiger partial charge >= 0.3 is 0 Å². The van der Waals surface area contributed by atoms with Gasteiger partial charge in [0, 0.05) is 6.42 Å². The van der Waals surface area contributed by atoms with E-state index in [1.807, 2.05) is 6.92 Å². The third-order valence-corrected chi connectivity index (χ3v) is 3.52. The molecule has 0 saturated carbocycles. The maximum absolute atomic E-state index is 12.3. The number of ether oxygens (including phenoxy) is 1. The van der Waals surface area contributed by atoms with Crippen molar-refractivity contribution in [2.75, 3.05) is 0 Å². The third kappa shape index (κ3) is 1.84. The van der Waals surface area contributed by atoms with Crippen molar-refractivity contribution in [1.82, 2.24) is 0 Å². The molecule has 1 fully saturated rings. The quantitative estimate of drug-likeness (QED) is 0.510. The molecule has 1 saturated heterocycles. The van der Waals surface area contributed by atoms with Gasteiger partial charge in [0.05, 0.1) is 17.9 Å². The van der Waals surface area contributed by atoms with Gasteiger partial charge in [-0.1, -0.05) is 11.6 Å². The van der Waals surface area contributed by atoms with Gasteiger partial charge in [0.25, 0.3) is 0 Å². The predicted octanol–water partition coefficient (Wildman–Crippen LogP) is 2.82. The summed E-state index contributed by atoms with van der Waals surface area (Å²) in [5, 5.41) is 0. The summed E-state index contributed by atoms with van der Waals surface area (Å²) in [5.74, 6) is 0.892. The molecule has 2 heterocycles. The monoisotopic (exact) mass is 232 g/mol. The molecule has 0 bridgehead atoms. The number of ketones is 1. The second kappa shape index (κ2) is 3.84. The van der Waals surface area contributed by atoms with E-state index in [0.717, 1.165) is 36.1 Å². The van der Waals surface area contributed by atoms with Crippen LogP contribution in [-0.4, -0.2) is 18.0 Å². The first kappa shape index (κ1) is 10.8. The SMILES string of the molecule is C/C1=C\CCC2OC2C(=O)c2c(C)coc2C1. The van der Waals surface area contributed by atoms with Gasteiger partial charge in [-0.05, 0) is 32.3 Å². The van der Waals surface area contributed by atoms with Crippen LogP contribution in [-0.2, 0) is 11.2 Å². The molecule has 0 aromatic carbocycles. The Morgan fingerprint density at radius 1 is 1.35 bits per heavy atom. The summed E-state index contributed by atoms with van der Waals surface area (Å²) in [4.78, 5) is 12.3. The Bertz CT molecular complexity index is 496. The largest absolute Gasteiger partial charge is 0.468 e. The summed E-state index contributed by atoms with van der Waals surface area (Å²) in [7, 11) is 0. The Morgan fingerprint density at radius 3 is 3.00 bits per heavy atom. The van der Waals surface area contributed by atoms with Crippen LogP contribution in [0.2, 0.25) is 0 Å². The Morgan fingerprint density at radius 2 is 2.18 bits per heavy atom. The molecule has 2 atom stereocenters. The van der Waals surface area contributed by atoms with Gasteiger partial charge in [-0.25, -0.2) is 0 Å². The number of hydrogen-bond acceptors (Lipinski definition) is 3. The molecule has 3 nitrogen and oxygen atoms in total. The number of hydrogen-bond donors (Lipinski definition) is 0. The van der Waals surface area contributed by atoms with Crippen molar-refractivity contribution in [2.24, 2.45) is 0 Å². The third-order valence-electron chi connectivity index (χ3n) is 3.52. The fourth-order valence-corrected chi connectivity index (χ4v) is 2.51. The Balaban J connectivity index is 2.03. The van der Waals surface area contributed by atoms with Crippen molar-refractivity contribution in [3.63, 3.8) is 0 Å². The van der Waals surface area contributed by atoms with Crippen LogP contribution in [0.25, 0.3) is 0 Å². The number of rotatable bonds is 0. The van der Waals surface area contributed by atoms with Crippen LogP contribution in [0, 0.1) is 6.92 Å². The summed E-state index contributed by atoms with van der Waals surface area (Å²) in [6.45, 7) is 4.00. The van der Waals surface area contributed by atoms with E-state index >= 15 is 0 Å². The standard InChI is InChI=1S/C14H16O3/c1-8-4-3-5-10-14(17-10)13(15)12-9(2)7-16-11(12)6-8/h4,7,10,14H,3,5-6H2,1-2H3/b8-4+. The van der Waals surface area contributed by atoms with Gasteiger partial charge in [-0.3, -0.25) is 4.79 Å². The fraction of sp³-hybridized carbons (Fsp3) is 0.500. The second-order valence-corrected chi connectivity index (χ2v) is 4.98. The number of fused-ring (bicyclic) bond motifs is 2. The van der Waals surface area contributed by atoms with Crippen molar-refractivity contribution in [3.8, 4) is 0 Å². The minimum absolute atomic E-state index is 0.103. The van der Waals surface area contributed by atoms with Gasteiger partial charge in [0.15, 0.2) is 5.78 Å². The highest BCUT2D eigenvalue weighted by molar-refractivity contribution is 6.03. The fourth-order valence-electron chi connectivity index (χ4n) is 2.51. The first-order valence-corrected chi connectivity index (χ1v) is 6.09. The average Bonchev–Trinajstić information content (AvgIpc) is 2.96. The summed E-state index contributed by atoms with van der Waals surface area (Å²) in [6.07, 6.45) is 6.44. The minimum Gasteiger partial charge on any atom is -0.468 e. The first-order chi connectivity index (χ1) is 8.16. The highest BCUT2D eigenvalue weighted by atomic mass is 16.6. The molecule has 0 N–H and O–H groups in total. The van der Waals surface area contributed by atoms with Gasteiger partial charge in [-0.15, -0.1) is 0 Å². The zero-order valence-electron chi connectivity index (χ0n) is 10.2. The van der Waals surface area contributed by atoms with Crippen LogP contribution >= 0.6 is 0 Å². The van der Waals surface area contributed by atoms with Gasteiger partial charge in [0.2, 0.25) is 0 Å². The van der Waals surface area contributed by atoms with Crippen molar-refractivity contribution in [3.05, 3.63) is 34.8 Å². The molecule has 2 aliphatic rings. The van der Waals surface area contributed by atoms with E-state index in [9.17, 15) is 4.79 Å². The number of carbonyl (C=O) groups excluding carboxylic acids is 1. The molecule has 2 unspecified atom stereocenters. The number of allylic oxidation sites excluding steroid dienone is 2. The molecule has 0 spiro atoms. The molecule has 17 heavy (non-hydrogen) atoms. The lowest BCUT2D eigenvalue weighted by Gasteiger charge is -2.05. The maximum atomic E-state index is 12.3. The molecule has 1 aromatic rings. The van der Waals surface area contributed by atoms with E-state index in [1.54, 1.807) is 6.26 Å². The van der Waals surface area contributed by atoms with Gasteiger partial charge in [0.1, 0.15) is 11.9 Å². The summed E-state index contributed by atoms with van der Waals surface area (Å²) >= 11 is 0. The molecule has 3 heteroatoms. The van der Waals surface area contributed by atoms with Crippen molar-refractivity contribution >= 4 is 5.78 Å². The van der Waals surface area contributed by atoms with Gasteiger partial charge < -0.3 is 9.15 Å². The van der Waals surface area contributed by atoms with E-state index in [4.69, 9.17) is 9.15 Å². The highest BCUT2D eigenvalue weighted by Crippen LogP contribution is 2.34. The number of aryl methyl sites for hydroxylation is 1. The zero-order valence-corrected chi connectivity index (χ0v) is 10.2. The first-order valence-electron chi connectivity index (χ1n) is 6.09. The Labute approximate surface area is 100 Å². The Hall–Kier alpha value is -1.35. The van der Waals surface area contributed by atoms with E-state index in [0.29, 0.717) is 0 Å². The molecule has 0 amide bonds. The molecule has 1 aromatic heterocycles. The minimum atomic E-state index is -0.225. The van der Waals surface area contributed by atoms with Crippen molar-refractivity contribution in [2.45, 2.75) is 45.3 Å². The normalized spacial score (nSPS) is 31.2. The highest BCUT2D eigenvalue weighted by Gasteiger charge is 2.46. The van der Waals surface area contributed by atoms with Gasteiger partial charge in [-0.2, -0.15) is 0 Å². The molecular formula is C14H16O3. The second-order valence-electron chi connectivity index (χ2n) is 4.98. The van der Waals surface area contributed by atoms with Crippen molar-refractivity contribution < 1.29 is 13.9 Å². The number of carbonyl (C=O) groups is 1.